The van der Waals surface area contributed by atoms with Gasteiger partial charge in [0.1, 0.15) is 11.3 Å². The highest BCUT2D eigenvalue weighted by molar-refractivity contribution is 8.01. The van der Waals surface area contributed by atoms with Crippen LogP contribution in [0, 0.1) is 19.7 Å². The molecule has 0 aliphatic rings. The molecule has 0 fully saturated rings. The van der Waals surface area contributed by atoms with Crippen molar-refractivity contribution in [1.29, 1.82) is 0 Å². The zero-order valence-electron chi connectivity index (χ0n) is 12.6. The van der Waals surface area contributed by atoms with E-state index in [2.05, 4.69) is 10.2 Å². The summed E-state index contributed by atoms with van der Waals surface area (Å²) in [6, 6.07) is 8.37. The van der Waals surface area contributed by atoms with E-state index in [1.165, 1.54) is 29.2 Å². The Hall–Kier alpha value is -1.99. The summed E-state index contributed by atoms with van der Waals surface area (Å²) in [7, 11) is 0. The molecular formula is C16H14FN3OS2. The van der Waals surface area contributed by atoms with E-state index in [1.54, 1.807) is 28.3 Å². The SMILES string of the molecule is Cc1cc(C(=O)CSc2nncs2)c(C)n1-c1ccccc1F. The number of ketones is 1. The van der Waals surface area contributed by atoms with Crippen LogP contribution in [-0.2, 0) is 0 Å². The minimum atomic E-state index is -0.309. The van der Waals surface area contributed by atoms with E-state index in [0.29, 0.717) is 11.3 Å². The van der Waals surface area contributed by atoms with Crippen molar-refractivity contribution < 1.29 is 9.18 Å². The number of rotatable bonds is 5. The average molecular weight is 347 g/mol. The third-order valence-corrected chi connectivity index (χ3v) is 5.35. The highest BCUT2D eigenvalue weighted by Gasteiger charge is 2.18. The van der Waals surface area contributed by atoms with Crippen LogP contribution in [0.4, 0.5) is 4.39 Å². The summed E-state index contributed by atoms with van der Waals surface area (Å²) in [5, 5.41) is 7.66. The first-order valence-electron chi connectivity index (χ1n) is 6.94. The molecule has 0 amide bonds. The monoisotopic (exact) mass is 347 g/mol. The van der Waals surface area contributed by atoms with Crippen molar-refractivity contribution in [2.45, 2.75) is 18.2 Å². The number of nitrogens with zero attached hydrogens (tertiary/aromatic N) is 3. The Morgan fingerprint density at radius 3 is 2.83 bits per heavy atom. The molecule has 0 spiro atoms. The largest absolute Gasteiger partial charge is 0.315 e. The van der Waals surface area contributed by atoms with Crippen molar-refractivity contribution >= 4 is 28.9 Å². The molecule has 0 aliphatic carbocycles. The van der Waals surface area contributed by atoms with E-state index < -0.39 is 0 Å². The van der Waals surface area contributed by atoms with Gasteiger partial charge in [0.05, 0.1) is 11.4 Å². The quantitative estimate of drug-likeness (QED) is 0.516. The molecule has 23 heavy (non-hydrogen) atoms. The smallest absolute Gasteiger partial charge is 0.174 e. The number of para-hydroxylation sites is 1. The third kappa shape index (κ3) is 3.20. The highest BCUT2D eigenvalue weighted by Crippen LogP contribution is 2.25. The molecule has 0 atom stereocenters. The fraction of sp³-hybridized carbons (Fsp3) is 0.188. The molecule has 1 aromatic carbocycles. The third-order valence-electron chi connectivity index (χ3n) is 3.49. The lowest BCUT2D eigenvalue weighted by molar-refractivity contribution is 0.102. The molecular weight excluding hydrogens is 333 g/mol. The number of Topliss-reactive ketones (excluding diaryl/α,β-unsaturated/α-hetero) is 1. The van der Waals surface area contributed by atoms with E-state index in [9.17, 15) is 9.18 Å². The Balaban J connectivity index is 1.88. The van der Waals surface area contributed by atoms with Gasteiger partial charge >= 0.3 is 0 Å². The molecule has 0 N–H and O–H groups in total. The predicted molar refractivity (Wildman–Crippen MR) is 90.2 cm³/mol. The Bertz CT molecular complexity index is 843. The number of thioether (sulfide) groups is 1. The molecule has 3 rings (SSSR count). The number of aryl methyl sites for hydroxylation is 1. The maximum Gasteiger partial charge on any atom is 0.174 e. The van der Waals surface area contributed by atoms with Gasteiger partial charge in [0.15, 0.2) is 10.1 Å². The van der Waals surface area contributed by atoms with Crippen LogP contribution in [0.15, 0.2) is 40.2 Å². The molecule has 2 aromatic heterocycles. The molecule has 0 bridgehead atoms. The van der Waals surface area contributed by atoms with Crippen molar-refractivity contribution in [3.63, 3.8) is 0 Å². The van der Waals surface area contributed by atoms with E-state index in [0.717, 1.165) is 15.7 Å². The molecule has 4 nitrogen and oxygen atoms in total. The second-order valence-electron chi connectivity index (χ2n) is 4.99. The number of halogens is 1. The van der Waals surface area contributed by atoms with Crippen LogP contribution < -0.4 is 0 Å². The summed E-state index contributed by atoms with van der Waals surface area (Å²) in [6.45, 7) is 3.70. The molecule has 0 aliphatic heterocycles. The zero-order valence-corrected chi connectivity index (χ0v) is 14.2. The Kier molecular flexibility index (Phi) is 4.58. The van der Waals surface area contributed by atoms with Crippen molar-refractivity contribution in [2.24, 2.45) is 0 Å². The number of carbonyl (C=O) groups is 1. The topological polar surface area (TPSA) is 47.8 Å². The first kappa shape index (κ1) is 15.9. The van der Waals surface area contributed by atoms with Gasteiger partial charge in [-0.2, -0.15) is 0 Å². The van der Waals surface area contributed by atoms with Crippen molar-refractivity contribution in [2.75, 3.05) is 5.75 Å². The van der Waals surface area contributed by atoms with Gasteiger partial charge in [-0.15, -0.1) is 10.2 Å². The Morgan fingerprint density at radius 1 is 1.35 bits per heavy atom. The van der Waals surface area contributed by atoms with Gasteiger partial charge in [0, 0.05) is 17.0 Å². The van der Waals surface area contributed by atoms with Crippen molar-refractivity contribution in [1.82, 2.24) is 14.8 Å². The second-order valence-corrected chi connectivity index (χ2v) is 7.04. The standard InChI is InChI=1S/C16H14FN3OS2/c1-10-7-12(15(21)8-22-16-19-18-9-23-16)11(2)20(10)14-6-4-3-5-13(14)17/h3-7,9H,8H2,1-2H3. The molecule has 3 aromatic rings. The number of carbonyl (C=O) groups excluding carboxylic acids is 1. The van der Waals surface area contributed by atoms with Crippen LogP contribution >= 0.6 is 23.1 Å². The molecule has 118 valence electrons. The number of aromatic nitrogens is 3. The molecule has 7 heteroatoms. The minimum Gasteiger partial charge on any atom is -0.315 e. The number of benzene rings is 1. The minimum absolute atomic E-state index is 0.000823. The molecule has 0 saturated carbocycles. The summed E-state index contributed by atoms with van der Waals surface area (Å²) in [5.74, 6) is -0.0195. The van der Waals surface area contributed by atoms with E-state index in [1.807, 2.05) is 19.9 Å². The van der Waals surface area contributed by atoms with Crippen molar-refractivity contribution in [3.05, 3.63) is 58.6 Å². The van der Waals surface area contributed by atoms with Gasteiger partial charge in [-0.3, -0.25) is 4.79 Å². The summed E-state index contributed by atoms with van der Waals surface area (Å²) in [5.41, 5.74) is 4.28. The van der Waals surface area contributed by atoms with E-state index >= 15 is 0 Å². The summed E-state index contributed by atoms with van der Waals surface area (Å²) >= 11 is 2.77. The maximum atomic E-state index is 14.1. The van der Waals surface area contributed by atoms with Gasteiger partial charge in [-0.05, 0) is 32.0 Å². The van der Waals surface area contributed by atoms with Gasteiger partial charge in [0.25, 0.3) is 0 Å². The zero-order chi connectivity index (χ0) is 16.4. The summed E-state index contributed by atoms with van der Waals surface area (Å²) in [4.78, 5) is 12.5. The van der Waals surface area contributed by atoms with Gasteiger partial charge in [-0.1, -0.05) is 35.2 Å². The first-order chi connectivity index (χ1) is 11.1. The van der Waals surface area contributed by atoms with Crippen LogP contribution in [0.1, 0.15) is 21.7 Å². The normalized spacial score (nSPS) is 10.9. The Labute approximate surface area is 141 Å². The Morgan fingerprint density at radius 2 is 2.13 bits per heavy atom. The molecule has 0 saturated heterocycles. The maximum absolute atomic E-state index is 14.1. The van der Waals surface area contributed by atoms with Crippen LogP contribution in [-0.4, -0.2) is 26.3 Å². The van der Waals surface area contributed by atoms with Crippen LogP contribution in [0.3, 0.4) is 0 Å². The average Bonchev–Trinajstić information content (AvgIpc) is 3.14. The number of hydrogen-bond acceptors (Lipinski definition) is 5. The fourth-order valence-corrected chi connectivity index (χ4v) is 3.85. The van der Waals surface area contributed by atoms with Gasteiger partial charge < -0.3 is 4.57 Å². The van der Waals surface area contributed by atoms with Gasteiger partial charge in [0.2, 0.25) is 0 Å². The lowest BCUT2D eigenvalue weighted by Gasteiger charge is -2.10. The van der Waals surface area contributed by atoms with Crippen LogP contribution in [0.2, 0.25) is 0 Å². The van der Waals surface area contributed by atoms with Gasteiger partial charge in [-0.25, -0.2) is 4.39 Å². The first-order valence-corrected chi connectivity index (χ1v) is 8.80. The fourth-order valence-electron chi connectivity index (χ4n) is 2.48. The van der Waals surface area contributed by atoms with Crippen LogP contribution in [0.25, 0.3) is 5.69 Å². The lowest BCUT2D eigenvalue weighted by Crippen LogP contribution is -2.06. The summed E-state index contributed by atoms with van der Waals surface area (Å²) < 4.78 is 16.6. The second kappa shape index (κ2) is 6.64. The predicted octanol–water partition coefficient (Wildman–Crippen LogP) is 4.06. The van der Waals surface area contributed by atoms with E-state index in [4.69, 9.17) is 0 Å². The highest BCUT2D eigenvalue weighted by atomic mass is 32.2. The molecule has 0 unspecified atom stereocenters. The number of hydrogen-bond donors (Lipinski definition) is 0. The molecule has 2 heterocycles. The lowest BCUT2D eigenvalue weighted by atomic mass is 10.2. The van der Waals surface area contributed by atoms with E-state index in [-0.39, 0.29) is 17.4 Å². The van der Waals surface area contributed by atoms with Crippen LogP contribution in [0.5, 0.6) is 0 Å². The van der Waals surface area contributed by atoms with Crippen molar-refractivity contribution in [3.8, 4) is 5.69 Å². The summed E-state index contributed by atoms with van der Waals surface area (Å²) in [6.07, 6.45) is 0. The molecule has 0 radical (unpaired) electrons.